The molecule has 5 aromatic rings. The number of anilines is 2. The molecule has 1 unspecified atom stereocenters. The molecule has 222 valence electrons. The van der Waals surface area contributed by atoms with Crippen LogP contribution in [0.25, 0.3) is 22.2 Å². The third kappa shape index (κ3) is 7.82. The van der Waals surface area contributed by atoms with Crippen molar-refractivity contribution < 1.29 is 22.3 Å². The molecule has 0 radical (unpaired) electrons. The van der Waals surface area contributed by atoms with Crippen LogP contribution in [0, 0.1) is 11.7 Å². The molecule has 43 heavy (non-hydrogen) atoms. The normalized spacial score (nSPS) is 12.0. The van der Waals surface area contributed by atoms with E-state index in [0.717, 1.165) is 37.9 Å². The Morgan fingerprint density at radius 1 is 1.07 bits per heavy atom. The zero-order valence-electron chi connectivity index (χ0n) is 23.5. The summed E-state index contributed by atoms with van der Waals surface area (Å²) in [4.78, 5) is 13.6. The van der Waals surface area contributed by atoms with Crippen molar-refractivity contribution in [3.8, 4) is 17.0 Å². The fourth-order valence-electron chi connectivity index (χ4n) is 4.28. The fraction of sp³-hybridized carbons (Fsp3) is 0.226. The highest BCUT2D eigenvalue weighted by molar-refractivity contribution is 9.10. The van der Waals surface area contributed by atoms with E-state index in [9.17, 15) is 12.8 Å². The van der Waals surface area contributed by atoms with E-state index in [1.165, 1.54) is 29.8 Å². The number of rotatable bonds is 10. The highest BCUT2D eigenvalue weighted by atomic mass is 79.9. The van der Waals surface area contributed by atoms with E-state index in [2.05, 4.69) is 31.2 Å². The van der Waals surface area contributed by atoms with E-state index in [1.807, 2.05) is 61.7 Å². The van der Waals surface area contributed by atoms with Crippen molar-refractivity contribution >= 4 is 65.0 Å². The average Bonchev–Trinajstić information content (AvgIpc) is 3.47. The molecule has 1 N–H and O–H groups in total. The van der Waals surface area contributed by atoms with Gasteiger partial charge >= 0.3 is 0 Å². The molecule has 0 amide bonds. The van der Waals surface area contributed by atoms with Gasteiger partial charge in [0.05, 0.1) is 15.7 Å². The van der Waals surface area contributed by atoms with E-state index >= 15 is 0 Å². The van der Waals surface area contributed by atoms with Crippen LogP contribution < -0.4 is 10.1 Å². The Morgan fingerprint density at radius 2 is 1.91 bits per heavy atom. The predicted octanol–water partition coefficient (Wildman–Crippen LogP) is 8.11. The van der Waals surface area contributed by atoms with Crippen LogP contribution in [0.2, 0.25) is 0 Å². The molecule has 2 aromatic heterocycles. The Hall–Kier alpha value is -3.71. The number of hydrogen-bond donors (Lipinski definition) is 1. The SMILES string of the molecule is CC(C)CC(OC(C)c1nc(-c2ccc3ncnc(Nc4ccc(OCc5cccc(F)c5)c(Br)c4)c3c2)cs1)=S(=O)=O. The summed E-state index contributed by atoms with van der Waals surface area (Å²) in [5.41, 5.74) is 3.87. The summed E-state index contributed by atoms with van der Waals surface area (Å²) in [6, 6.07) is 17.7. The van der Waals surface area contributed by atoms with E-state index in [4.69, 9.17) is 14.5 Å². The molecule has 1 atom stereocenters. The maximum atomic E-state index is 13.5. The summed E-state index contributed by atoms with van der Waals surface area (Å²) in [6.45, 7) is 5.91. The minimum absolute atomic E-state index is 0.0376. The van der Waals surface area contributed by atoms with Crippen molar-refractivity contribution in [3.63, 3.8) is 0 Å². The molecule has 0 spiro atoms. The Bertz CT molecular complexity index is 1910. The summed E-state index contributed by atoms with van der Waals surface area (Å²) in [6.07, 6.45) is 1.33. The van der Waals surface area contributed by atoms with Crippen LogP contribution in [0.15, 0.2) is 76.8 Å². The lowest BCUT2D eigenvalue weighted by molar-refractivity contribution is 0.209. The van der Waals surface area contributed by atoms with Gasteiger partial charge in [-0.25, -0.2) is 19.3 Å². The summed E-state index contributed by atoms with van der Waals surface area (Å²) in [7, 11) is -2.42. The molecule has 2 heterocycles. The second-order valence-electron chi connectivity index (χ2n) is 10.2. The minimum Gasteiger partial charge on any atom is -0.488 e. The van der Waals surface area contributed by atoms with Crippen molar-refractivity contribution in [2.45, 2.75) is 39.9 Å². The first kappa shape index (κ1) is 30.7. The van der Waals surface area contributed by atoms with Crippen LogP contribution in [0.1, 0.15) is 43.9 Å². The monoisotopic (exact) mass is 682 g/mol. The maximum Gasteiger partial charge on any atom is 0.240 e. The van der Waals surface area contributed by atoms with E-state index < -0.39 is 16.4 Å². The summed E-state index contributed by atoms with van der Waals surface area (Å²) in [5, 5.41) is 6.79. The van der Waals surface area contributed by atoms with E-state index in [0.29, 0.717) is 23.0 Å². The third-order valence-corrected chi connectivity index (χ3v) is 8.61. The standard InChI is InChI=1S/C31H28BrFN4O4S2/c1-18(2)11-29(43(38)39)41-19(3)31-37-27(16-42-31)21-7-9-26-24(13-21)30(35-17-34-26)36-23-8-10-28(25(32)14-23)40-15-20-5-4-6-22(33)12-20/h4-10,12-14,16-19H,11,15H2,1-3H3,(H,34,35,36). The van der Waals surface area contributed by atoms with Gasteiger partial charge in [-0.15, -0.1) is 11.3 Å². The lowest BCUT2D eigenvalue weighted by Crippen LogP contribution is -2.12. The van der Waals surface area contributed by atoms with Gasteiger partial charge < -0.3 is 14.8 Å². The average molecular weight is 684 g/mol. The molecule has 0 aliphatic rings. The molecule has 0 aliphatic carbocycles. The van der Waals surface area contributed by atoms with Gasteiger partial charge in [0, 0.05) is 28.4 Å². The van der Waals surface area contributed by atoms with E-state index in [-0.39, 0.29) is 23.4 Å². The highest BCUT2D eigenvalue weighted by Crippen LogP contribution is 2.34. The van der Waals surface area contributed by atoms with Gasteiger partial charge in [0.1, 0.15) is 41.4 Å². The topological polar surface area (TPSA) is 103 Å². The van der Waals surface area contributed by atoms with Gasteiger partial charge in [-0.3, -0.25) is 0 Å². The van der Waals surface area contributed by atoms with Crippen molar-refractivity contribution in [2.24, 2.45) is 5.92 Å². The maximum absolute atomic E-state index is 13.5. The zero-order chi connectivity index (χ0) is 30.5. The smallest absolute Gasteiger partial charge is 0.240 e. The molecule has 0 aliphatic heterocycles. The Labute approximate surface area is 262 Å². The van der Waals surface area contributed by atoms with Crippen LogP contribution in [0.5, 0.6) is 5.75 Å². The Balaban J connectivity index is 1.34. The number of nitrogens with zero attached hydrogens (tertiary/aromatic N) is 3. The number of aromatic nitrogens is 3. The fourth-order valence-corrected chi connectivity index (χ4v) is 6.28. The Kier molecular flexibility index (Phi) is 9.81. The Morgan fingerprint density at radius 3 is 2.65 bits per heavy atom. The highest BCUT2D eigenvalue weighted by Gasteiger charge is 2.18. The first-order valence-electron chi connectivity index (χ1n) is 13.4. The molecule has 0 bridgehead atoms. The number of ether oxygens (including phenoxy) is 2. The van der Waals surface area contributed by atoms with Gasteiger partial charge in [-0.05, 0) is 76.8 Å². The lowest BCUT2D eigenvalue weighted by Gasteiger charge is -2.13. The van der Waals surface area contributed by atoms with Crippen LogP contribution in [0.4, 0.5) is 15.9 Å². The van der Waals surface area contributed by atoms with Crippen molar-refractivity contribution in [1.82, 2.24) is 15.0 Å². The summed E-state index contributed by atoms with van der Waals surface area (Å²) < 4.78 is 49.1. The molecule has 12 heteroatoms. The largest absolute Gasteiger partial charge is 0.488 e. The van der Waals surface area contributed by atoms with Gasteiger partial charge in [0.15, 0.2) is 5.05 Å². The van der Waals surface area contributed by atoms with Crippen molar-refractivity contribution in [2.75, 3.05) is 5.32 Å². The minimum atomic E-state index is -2.42. The number of fused-ring (bicyclic) bond motifs is 1. The molecular weight excluding hydrogens is 655 g/mol. The number of halogens is 2. The van der Waals surface area contributed by atoms with E-state index in [1.54, 1.807) is 13.0 Å². The van der Waals surface area contributed by atoms with Crippen LogP contribution in [-0.4, -0.2) is 28.4 Å². The van der Waals surface area contributed by atoms with Crippen molar-refractivity contribution in [1.29, 1.82) is 0 Å². The number of hydrogen-bond acceptors (Lipinski definition) is 9. The third-order valence-electron chi connectivity index (χ3n) is 6.35. The number of thiazole rings is 1. The molecule has 0 saturated carbocycles. The first-order chi connectivity index (χ1) is 20.7. The molecule has 5 rings (SSSR count). The van der Waals surface area contributed by atoms with Crippen LogP contribution in [0.3, 0.4) is 0 Å². The van der Waals surface area contributed by atoms with Gasteiger partial charge in [-0.2, -0.15) is 8.42 Å². The van der Waals surface area contributed by atoms with Gasteiger partial charge in [-0.1, -0.05) is 32.0 Å². The second kappa shape index (κ2) is 13.7. The van der Waals surface area contributed by atoms with Crippen LogP contribution in [-0.2, 0) is 21.6 Å². The quantitative estimate of drug-likeness (QED) is 0.147. The molecular formula is C31H28BrFN4O4S2. The molecule has 8 nitrogen and oxygen atoms in total. The second-order valence-corrected chi connectivity index (χ2v) is 12.8. The predicted molar refractivity (Wildman–Crippen MR) is 172 cm³/mol. The lowest BCUT2D eigenvalue weighted by atomic mass is 10.1. The van der Waals surface area contributed by atoms with Crippen LogP contribution >= 0.6 is 27.3 Å². The molecule has 3 aromatic carbocycles. The summed E-state index contributed by atoms with van der Waals surface area (Å²) in [5.74, 6) is 1.08. The molecule has 0 saturated heterocycles. The number of nitrogens with one attached hydrogen (secondary N) is 1. The molecule has 0 fully saturated rings. The van der Waals surface area contributed by atoms with Gasteiger partial charge in [0.25, 0.3) is 0 Å². The zero-order valence-corrected chi connectivity index (χ0v) is 26.8. The first-order valence-corrected chi connectivity index (χ1v) is 16.2. The van der Waals surface area contributed by atoms with Gasteiger partial charge in [0.2, 0.25) is 10.3 Å². The number of benzene rings is 3. The summed E-state index contributed by atoms with van der Waals surface area (Å²) >= 11 is 4.97. The van der Waals surface area contributed by atoms with Crippen molar-refractivity contribution in [3.05, 3.63) is 93.2 Å².